The summed E-state index contributed by atoms with van der Waals surface area (Å²) in [7, 11) is 1.77. The maximum atomic E-state index is 5.92. The minimum atomic E-state index is 0.543. The number of nitrogen functional groups attached to an aromatic ring is 1. The van der Waals surface area contributed by atoms with Crippen molar-refractivity contribution >= 4 is 11.6 Å². The molecule has 5 heteroatoms. The first-order valence-electron chi connectivity index (χ1n) is 7.14. The van der Waals surface area contributed by atoms with Crippen molar-refractivity contribution in [1.82, 2.24) is 9.97 Å². The van der Waals surface area contributed by atoms with Crippen molar-refractivity contribution in [3.63, 3.8) is 0 Å². The Morgan fingerprint density at radius 3 is 2.95 bits per heavy atom. The van der Waals surface area contributed by atoms with Crippen LogP contribution < -0.4 is 10.6 Å². The number of aromatic nitrogens is 2. The monoisotopic (exact) mass is 262 g/mol. The molecular formula is C14H22N4O. The Kier molecular flexibility index (Phi) is 3.55. The molecule has 0 bridgehead atoms. The molecule has 2 fully saturated rings. The van der Waals surface area contributed by atoms with E-state index in [0.717, 1.165) is 31.3 Å². The third-order valence-corrected chi connectivity index (χ3v) is 3.94. The molecule has 1 aromatic rings. The molecule has 0 amide bonds. The lowest BCUT2D eigenvalue weighted by atomic mass is 9.99. The van der Waals surface area contributed by atoms with Gasteiger partial charge in [0.15, 0.2) is 0 Å². The van der Waals surface area contributed by atoms with Gasteiger partial charge in [0.2, 0.25) is 0 Å². The lowest BCUT2D eigenvalue weighted by Crippen LogP contribution is -2.37. The van der Waals surface area contributed by atoms with Crippen LogP contribution in [0.1, 0.15) is 37.4 Å². The van der Waals surface area contributed by atoms with Gasteiger partial charge in [0.1, 0.15) is 17.5 Å². The molecule has 0 radical (unpaired) electrons. The molecule has 2 N–H and O–H groups in total. The van der Waals surface area contributed by atoms with Crippen LogP contribution in [0.25, 0.3) is 0 Å². The highest BCUT2D eigenvalue weighted by Gasteiger charge is 2.28. The summed E-state index contributed by atoms with van der Waals surface area (Å²) in [5.41, 5.74) is 5.92. The van der Waals surface area contributed by atoms with Crippen LogP contribution in [0.15, 0.2) is 6.07 Å². The number of hydrogen-bond acceptors (Lipinski definition) is 5. The molecule has 2 aliphatic rings. The van der Waals surface area contributed by atoms with Crippen LogP contribution in [0.3, 0.4) is 0 Å². The molecule has 2 heterocycles. The van der Waals surface area contributed by atoms with E-state index in [2.05, 4.69) is 9.88 Å². The van der Waals surface area contributed by atoms with E-state index in [1.54, 1.807) is 7.11 Å². The van der Waals surface area contributed by atoms with Gasteiger partial charge in [0, 0.05) is 32.2 Å². The number of hydrogen-bond donors (Lipinski definition) is 1. The molecule has 1 aliphatic carbocycles. The highest BCUT2D eigenvalue weighted by Crippen LogP contribution is 2.39. The minimum Gasteiger partial charge on any atom is -0.384 e. The van der Waals surface area contributed by atoms with Crippen LogP contribution in [-0.2, 0) is 4.74 Å². The van der Waals surface area contributed by atoms with Gasteiger partial charge in [-0.2, -0.15) is 0 Å². The van der Waals surface area contributed by atoms with E-state index >= 15 is 0 Å². The molecule has 0 spiro atoms. The van der Waals surface area contributed by atoms with E-state index in [-0.39, 0.29) is 0 Å². The maximum Gasteiger partial charge on any atom is 0.136 e. The van der Waals surface area contributed by atoms with Crippen molar-refractivity contribution in [3.05, 3.63) is 11.9 Å². The lowest BCUT2D eigenvalue weighted by Gasteiger charge is -2.33. The first kappa shape index (κ1) is 12.7. The fourth-order valence-corrected chi connectivity index (χ4v) is 2.80. The molecule has 1 saturated carbocycles. The van der Waals surface area contributed by atoms with E-state index < -0.39 is 0 Å². The van der Waals surface area contributed by atoms with Gasteiger partial charge in [0.05, 0.1) is 6.61 Å². The zero-order valence-electron chi connectivity index (χ0n) is 11.5. The Bertz CT molecular complexity index is 445. The predicted molar refractivity (Wildman–Crippen MR) is 75.2 cm³/mol. The highest BCUT2D eigenvalue weighted by atomic mass is 16.5. The van der Waals surface area contributed by atoms with Gasteiger partial charge in [-0.3, -0.25) is 0 Å². The number of nitrogens with zero attached hydrogens (tertiary/aromatic N) is 3. The van der Waals surface area contributed by atoms with Crippen LogP contribution >= 0.6 is 0 Å². The molecular weight excluding hydrogens is 240 g/mol. The third kappa shape index (κ3) is 2.97. The summed E-state index contributed by atoms with van der Waals surface area (Å²) in [5, 5.41) is 0. The first-order valence-corrected chi connectivity index (χ1v) is 7.14. The zero-order chi connectivity index (χ0) is 13.2. The van der Waals surface area contributed by atoms with Crippen molar-refractivity contribution in [1.29, 1.82) is 0 Å². The molecule has 1 atom stereocenters. The molecule has 1 unspecified atom stereocenters. The number of anilines is 2. The van der Waals surface area contributed by atoms with Gasteiger partial charge in [0.25, 0.3) is 0 Å². The van der Waals surface area contributed by atoms with Crippen LogP contribution in [-0.4, -0.2) is 36.8 Å². The van der Waals surface area contributed by atoms with Crippen LogP contribution in [0.4, 0.5) is 11.6 Å². The number of nitrogens with two attached hydrogens (primary N) is 1. The van der Waals surface area contributed by atoms with Crippen molar-refractivity contribution in [2.24, 2.45) is 5.92 Å². The molecule has 1 aromatic heterocycles. The first-order chi connectivity index (χ1) is 9.26. The van der Waals surface area contributed by atoms with Crippen LogP contribution in [0.5, 0.6) is 0 Å². The smallest absolute Gasteiger partial charge is 0.136 e. The second kappa shape index (κ2) is 5.33. The Balaban J connectivity index is 1.76. The Labute approximate surface area is 114 Å². The Morgan fingerprint density at radius 1 is 1.37 bits per heavy atom. The van der Waals surface area contributed by atoms with Gasteiger partial charge in [-0.1, -0.05) is 0 Å². The van der Waals surface area contributed by atoms with Gasteiger partial charge in [-0.05, 0) is 31.6 Å². The largest absolute Gasteiger partial charge is 0.384 e. The fraction of sp³-hybridized carbons (Fsp3) is 0.714. The van der Waals surface area contributed by atoms with Crippen LogP contribution in [0.2, 0.25) is 0 Å². The van der Waals surface area contributed by atoms with Crippen molar-refractivity contribution in [2.45, 2.75) is 31.6 Å². The Morgan fingerprint density at radius 2 is 2.21 bits per heavy atom. The summed E-state index contributed by atoms with van der Waals surface area (Å²) >= 11 is 0. The SMILES string of the molecule is COCC1CCCN(c2cc(N)nc(C3CC3)n2)C1. The second-order valence-corrected chi connectivity index (χ2v) is 5.69. The summed E-state index contributed by atoms with van der Waals surface area (Å²) < 4.78 is 5.28. The second-order valence-electron chi connectivity index (χ2n) is 5.69. The lowest BCUT2D eigenvalue weighted by molar-refractivity contribution is 0.143. The summed E-state index contributed by atoms with van der Waals surface area (Å²) in [4.78, 5) is 11.4. The third-order valence-electron chi connectivity index (χ3n) is 3.94. The summed E-state index contributed by atoms with van der Waals surface area (Å²) in [5.74, 6) is 3.67. The van der Waals surface area contributed by atoms with E-state index in [1.807, 2.05) is 6.07 Å². The molecule has 19 heavy (non-hydrogen) atoms. The normalized spacial score (nSPS) is 23.6. The van der Waals surface area contributed by atoms with Gasteiger partial charge in [-0.25, -0.2) is 9.97 Å². The van der Waals surface area contributed by atoms with Crippen molar-refractivity contribution < 1.29 is 4.74 Å². The summed E-state index contributed by atoms with van der Waals surface area (Å²) in [6.45, 7) is 2.89. The highest BCUT2D eigenvalue weighted by molar-refractivity contribution is 5.48. The Hall–Kier alpha value is -1.36. The van der Waals surface area contributed by atoms with E-state index in [1.165, 1.54) is 25.7 Å². The minimum absolute atomic E-state index is 0.543. The molecule has 3 rings (SSSR count). The van der Waals surface area contributed by atoms with E-state index in [0.29, 0.717) is 17.7 Å². The number of ether oxygens (including phenoxy) is 1. The standard InChI is InChI=1S/C14H22N4O/c1-19-9-10-3-2-6-18(8-10)13-7-12(15)16-14(17-13)11-4-5-11/h7,10-11H,2-6,8-9H2,1H3,(H2,15,16,17). The predicted octanol–water partition coefficient (Wildman–Crippen LogP) is 1.80. The topological polar surface area (TPSA) is 64.3 Å². The quantitative estimate of drug-likeness (QED) is 0.896. The summed E-state index contributed by atoms with van der Waals surface area (Å²) in [6, 6.07) is 1.90. The molecule has 1 saturated heterocycles. The van der Waals surface area contributed by atoms with Crippen LogP contribution in [0, 0.1) is 5.92 Å². The van der Waals surface area contributed by atoms with Crippen molar-refractivity contribution in [3.8, 4) is 0 Å². The van der Waals surface area contributed by atoms with Gasteiger partial charge in [-0.15, -0.1) is 0 Å². The maximum absolute atomic E-state index is 5.92. The fourth-order valence-electron chi connectivity index (χ4n) is 2.80. The number of piperidine rings is 1. The molecule has 104 valence electrons. The molecule has 1 aliphatic heterocycles. The molecule has 5 nitrogen and oxygen atoms in total. The van der Waals surface area contributed by atoms with Gasteiger partial charge >= 0.3 is 0 Å². The number of methoxy groups -OCH3 is 1. The zero-order valence-corrected chi connectivity index (χ0v) is 11.5. The van der Waals surface area contributed by atoms with Crippen molar-refractivity contribution in [2.75, 3.05) is 37.4 Å². The average molecular weight is 262 g/mol. The average Bonchev–Trinajstić information content (AvgIpc) is 3.23. The number of rotatable bonds is 4. The summed E-state index contributed by atoms with van der Waals surface area (Å²) in [6.07, 6.45) is 4.83. The van der Waals surface area contributed by atoms with E-state index in [9.17, 15) is 0 Å². The van der Waals surface area contributed by atoms with E-state index in [4.69, 9.17) is 15.5 Å². The van der Waals surface area contributed by atoms with Gasteiger partial charge < -0.3 is 15.4 Å². The molecule has 0 aromatic carbocycles.